The Morgan fingerprint density at radius 1 is 1.30 bits per heavy atom. The second kappa shape index (κ2) is 7.52. The van der Waals surface area contributed by atoms with Gasteiger partial charge in [0.25, 0.3) is 11.5 Å². The van der Waals surface area contributed by atoms with Gasteiger partial charge in [-0.2, -0.15) is 0 Å². The highest BCUT2D eigenvalue weighted by molar-refractivity contribution is 6.42. The van der Waals surface area contributed by atoms with E-state index in [2.05, 4.69) is 10.3 Å². The van der Waals surface area contributed by atoms with Crippen molar-refractivity contribution in [3.8, 4) is 0 Å². The molecular weight excluding hydrogens is 387 g/mol. The third kappa shape index (κ3) is 3.82. The van der Waals surface area contributed by atoms with E-state index in [1.807, 2.05) is 20.8 Å². The van der Waals surface area contributed by atoms with Gasteiger partial charge in [-0.05, 0) is 45.4 Å². The Hall–Kier alpha value is -2.05. The van der Waals surface area contributed by atoms with Gasteiger partial charge in [0.05, 0.1) is 22.3 Å². The summed E-state index contributed by atoms with van der Waals surface area (Å²) in [6.45, 7) is 6.16. The molecule has 0 radical (unpaired) electrons. The molecule has 0 spiro atoms. The SMILES string of the molecule is CC(C)Nc1nc2c(c(=O)n1C)C[C@@H](C)N(C(=O)c1ccc(Cl)c(Cl)c1)C2. The van der Waals surface area contributed by atoms with Crippen molar-refractivity contribution in [3.63, 3.8) is 0 Å². The van der Waals surface area contributed by atoms with Crippen LogP contribution in [-0.2, 0) is 20.0 Å². The number of aromatic nitrogens is 2. The van der Waals surface area contributed by atoms with Crippen LogP contribution in [0.1, 0.15) is 42.4 Å². The van der Waals surface area contributed by atoms with Crippen molar-refractivity contribution in [1.29, 1.82) is 0 Å². The van der Waals surface area contributed by atoms with Gasteiger partial charge in [0.15, 0.2) is 0 Å². The highest BCUT2D eigenvalue weighted by Gasteiger charge is 2.31. The van der Waals surface area contributed by atoms with Crippen LogP contribution in [0.4, 0.5) is 5.95 Å². The molecular formula is C19H22Cl2N4O2. The molecule has 0 saturated heterocycles. The summed E-state index contributed by atoms with van der Waals surface area (Å²) < 4.78 is 1.53. The quantitative estimate of drug-likeness (QED) is 0.843. The number of fused-ring (bicyclic) bond motifs is 1. The summed E-state index contributed by atoms with van der Waals surface area (Å²) >= 11 is 12.0. The number of amides is 1. The van der Waals surface area contributed by atoms with E-state index in [1.165, 1.54) is 4.57 Å². The number of halogens is 2. The first-order valence-corrected chi connectivity index (χ1v) is 9.56. The van der Waals surface area contributed by atoms with E-state index in [0.717, 1.165) is 0 Å². The smallest absolute Gasteiger partial charge is 0.258 e. The minimum Gasteiger partial charge on any atom is -0.353 e. The van der Waals surface area contributed by atoms with Crippen LogP contribution in [0.2, 0.25) is 10.0 Å². The number of benzene rings is 1. The summed E-state index contributed by atoms with van der Waals surface area (Å²) in [5.41, 5.74) is 1.69. The van der Waals surface area contributed by atoms with Crippen LogP contribution in [0.3, 0.4) is 0 Å². The van der Waals surface area contributed by atoms with Crippen molar-refractivity contribution >= 4 is 35.1 Å². The molecule has 1 N–H and O–H groups in total. The number of carbonyl (C=O) groups is 1. The summed E-state index contributed by atoms with van der Waals surface area (Å²) in [6, 6.07) is 4.84. The van der Waals surface area contributed by atoms with Crippen molar-refractivity contribution in [2.24, 2.45) is 7.05 Å². The molecule has 2 heterocycles. The van der Waals surface area contributed by atoms with Gasteiger partial charge in [0.1, 0.15) is 0 Å². The normalized spacial score (nSPS) is 16.4. The van der Waals surface area contributed by atoms with Gasteiger partial charge < -0.3 is 10.2 Å². The lowest BCUT2D eigenvalue weighted by atomic mass is 9.98. The average molecular weight is 409 g/mol. The third-order valence-corrected chi connectivity index (χ3v) is 5.41. The van der Waals surface area contributed by atoms with Crippen LogP contribution in [0.5, 0.6) is 0 Å². The van der Waals surface area contributed by atoms with Crippen LogP contribution in [0.15, 0.2) is 23.0 Å². The van der Waals surface area contributed by atoms with Gasteiger partial charge in [-0.1, -0.05) is 23.2 Å². The third-order valence-electron chi connectivity index (χ3n) is 4.67. The average Bonchev–Trinajstić information content (AvgIpc) is 2.61. The summed E-state index contributed by atoms with van der Waals surface area (Å²) in [6.07, 6.45) is 0.462. The standard InChI is InChI=1S/C19H22Cl2N4O2/c1-10(2)22-19-23-16-9-25(11(3)7-13(16)18(27)24(19)4)17(26)12-5-6-14(20)15(21)8-12/h5-6,8,10-11H,7,9H2,1-4H3,(H,22,23)/t11-/m1/s1. The van der Waals surface area contributed by atoms with E-state index in [4.69, 9.17) is 23.2 Å². The van der Waals surface area contributed by atoms with Crippen LogP contribution in [0, 0.1) is 0 Å². The number of anilines is 1. The van der Waals surface area contributed by atoms with Gasteiger partial charge in [-0.3, -0.25) is 14.2 Å². The number of hydrogen-bond donors (Lipinski definition) is 1. The van der Waals surface area contributed by atoms with Crippen molar-refractivity contribution in [2.75, 3.05) is 5.32 Å². The van der Waals surface area contributed by atoms with E-state index < -0.39 is 0 Å². The fraction of sp³-hybridized carbons (Fsp3) is 0.421. The van der Waals surface area contributed by atoms with Crippen LogP contribution < -0.4 is 10.9 Å². The zero-order valence-electron chi connectivity index (χ0n) is 15.7. The highest BCUT2D eigenvalue weighted by Crippen LogP contribution is 2.26. The number of hydrogen-bond acceptors (Lipinski definition) is 4. The molecule has 1 aliphatic heterocycles. The Labute approximate surface area is 168 Å². The van der Waals surface area contributed by atoms with E-state index in [0.29, 0.717) is 39.2 Å². The molecule has 1 atom stereocenters. The number of rotatable bonds is 3. The Morgan fingerprint density at radius 2 is 2.00 bits per heavy atom. The van der Waals surface area contributed by atoms with E-state index in [9.17, 15) is 9.59 Å². The van der Waals surface area contributed by atoms with Crippen molar-refractivity contribution in [1.82, 2.24) is 14.5 Å². The summed E-state index contributed by atoms with van der Waals surface area (Å²) in [5.74, 6) is 0.345. The first kappa shape index (κ1) is 19.7. The van der Waals surface area contributed by atoms with Gasteiger partial charge in [-0.25, -0.2) is 4.98 Å². The molecule has 1 aromatic carbocycles. The topological polar surface area (TPSA) is 67.2 Å². The number of carbonyl (C=O) groups excluding carboxylic acids is 1. The van der Waals surface area contributed by atoms with Crippen molar-refractivity contribution in [2.45, 2.75) is 45.8 Å². The Balaban J connectivity index is 1.97. The lowest BCUT2D eigenvalue weighted by Gasteiger charge is -2.34. The Bertz CT molecular complexity index is 955. The largest absolute Gasteiger partial charge is 0.353 e. The predicted octanol–water partition coefficient (Wildman–Crippen LogP) is 3.49. The van der Waals surface area contributed by atoms with Gasteiger partial charge in [0.2, 0.25) is 5.95 Å². The Kier molecular flexibility index (Phi) is 5.49. The molecule has 3 rings (SSSR count). The lowest BCUT2D eigenvalue weighted by molar-refractivity contribution is 0.0653. The maximum atomic E-state index is 13.0. The first-order valence-electron chi connectivity index (χ1n) is 8.80. The van der Waals surface area contributed by atoms with Crippen LogP contribution >= 0.6 is 23.2 Å². The van der Waals surface area contributed by atoms with E-state index in [-0.39, 0.29) is 30.1 Å². The molecule has 1 aliphatic rings. The second-order valence-corrected chi connectivity index (χ2v) is 7.95. The molecule has 8 heteroatoms. The zero-order chi connectivity index (χ0) is 19.9. The first-order chi connectivity index (χ1) is 12.7. The van der Waals surface area contributed by atoms with Crippen LogP contribution in [-0.4, -0.2) is 32.4 Å². The zero-order valence-corrected chi connectivity index (χ0v) is 17.2. The van der Waals surface area contributed by atoms with E-state index in [1.54, 1.807) is 30.1 Å². The molecule has 0 unspecified atom stereocenters. The monoisotopic (exact) mass is 408 g/mol. The summed E-state index contributed by atoms with van der Waals surface area (Å²) in [5, 5.41) is 3.92. The molecule has 1 aromatic heterocycles. The fourth-order valence-corrected chi connectivity index (χ4v) is 3.50. The predicted molar refractivity (Wildman–Crippen MR) is 108 cm³/mol. The maximum Gasteiger partial charge on any atom is 0.258 e. The summed E-state index contributed by atoms with van der Waals surface area (Å²) in [7, 11) is 1.71. The minimum atomic E-state index is -0.160. The van der Waals surface area contributed by atoms with Crippen molar-refractivity contribution in [3.05, 3.63) is 55.4 Å². The molecule has 27 heavy (non-hydrogen) atoms. The molecule has 1 amide bonds. The minimum absolute atomic E-state index is 0.0726. The van der Waals surface area contributed by atoms with Gasteiger partial charge >= 0.3 is 0 Å². The Morgan fingerprint density at radius 3 is 2.63 bits per heavy atom. The number of nitrogens with one attached hydrogen (secondary N) is 1. The van der Waals surface area contributed by atoms with Gasteiger partial charge in [-0.15, -0.1) is 0 Å². The van der Waals surface area contributed by atoms with Crippen molar-refractivity contribution < 1.29 is 4.79 Å². The lowest BCUT2D eigenvalue weighted by Crippen LogP contribution is -2.46. The molecule has 0 bridgehead atoms. The van der Waals surface area contributed by atoms with Crippen LogP contribution in [0.25, 0.3) is 0 Å². The molecule has 144 valence electrons. The molecule has 2 aromatic rings. The van der Waals surface area contributed by atoms with Gasteiger partial charge in [0, 0.05) is 30.3 Å². The summed E-state index contributed by atoms with van der Waals surface area (Å²) in [4.78, 5) is 32.1. The molecule has 0 aliphatic carbocycles. The number of nitrogens with zero attached hydrogens (tertiary/aromatic N) is 3. The second-order valence-electron chi connectivity index (χ2n) is 7.14. The molecule has 0 saturated carbocycles. The molecule has 0 fully saturated rings. The van der Waals surface area contributed by atoms with E-state index >= 15 is 0 Å². The molecule has 6 nitrogen and oxygen atoms in total. The highest BCUT2D eigenvalue weighted by atomic mass is 35.5. The fourth-order valence-electron chi connectivity index (χ4n) is 3.21. The maximum absolute atomic E-state index is 13.0.